The maximum absolute atomic E-state index is 11.8. The summed E-state index contributed by atoms with van der Waals surface area (Å²) in [6.07, 6.45) is 3.10. The molecule has 3 N–H and O–H groups in total. The van der Waals surface area contributed by atoms with E-state index >= 15 is 0 Å². The zero-order valence-corrected chi connectivity index (χ0v) is 13.0. The summed E-state index contributed by atoms with van der Waals surface area (Å²) in [5.74, 6) is -1.46. The molecule has 0 radical (unpaired) electrons. The molecule has 0 spiro atoms. The van der Waals surface area contributed by atoms with Gasteiger partial charge in [-0.25, -0.2) is 4.79 Å². The summed E-state index contributed by atoms with van der Waals surface area (Å²) in [6.45, 7) is 0. The smallest absolute Gasteiger partial charge is 0.479 e. The van der Waals surface area contributed by atoms with E-state index in [1.54, 1.807) is 30.3 Å². The predicted molar refractivity (Wildman–Crippen MR) is 68.5 cm³/mol. The standard InChI is InChI=1S/C13H13N4O3.Au/c18-11(7-6-10-8-14-17-16-10)15-12(13(19)20)9-4-2-1-3-5-9;/h1-5,12H,6-7H2,(H,15,18)(H,19,20)(H,14,16,17);/q-1;+1/t12-;/m1./s1. The normalized spacial score (nSPS) is 11.2. The van der Waals surface area contributed by atoms with Crippen LogP contribution in [0.1, 0.15) is 23.7 Å². The van der Waals surface area contributed by atoms with Gasteiger partial charge >= 0.3 is 28.3 Å². The molecular formula is C13H13AuN4O3. The fourth-order valence-electron chi connectivity index (χ4n) is 1.71. The Hall–Kier alpha value is -1.96. The Bertz CT molecular complexity index is 574. The summed E-state index contributed by atoms with van der Waals surface area (Å²) in [4.78, 5) is 23.0. The molecule has 2 aromatic rings. The Morgan fingerprint density at radius 3 is 2.62 bits per heavy atom. The zero-order valence-electron chi connectivity index (χ0n) is 10.8. The van der Waals surface area contributed by atoms with Crippen molar-refractivity contribution in [1.29, 1.82) is 0 Å². The molecule has 1 aromatic carbocycles. The quantitative estimate of drug-likeness (QED) is 0.421. The number of H-pyrrole nitrogens is 1. The van der Waals surface area contributed by atoms with Gasteiger partial charge in [-0.05, 0) is 12.0 Å². The molecule has 1 amide bonds. The SMILES string of the molecule is O=C(CCc1[c-]nn[nH]1)N[C@@H](C(=O)O)c1ccccc1.[Au+]. The number of hydrogen-bond acceptors (Lipinski definition) is 4. The molecule has 114 valence electrons. The van der Waals surface area contributed by atoms with Crippen LogP contribution in [0.5, 0.6) is 0 Å². The summed E-state index contributed by atoms with van der Waals surface area (Å²) >= 11 is 0. The minimum Gasteiger partial charge on any atom is -0.479 e. The van der Waals surface area contributed by atoms with Gasteiger partial charge in [0.15, 0.2) is 6.04 Å². The summed E-state index contributed by atoms with van der Waals surface area (Å²) < 4.78 is 0. The van der Waals surface area contributed by atoms with Crippen molar-refractivity contribution < 1.29 is 37.1 Å². The number of amides is 1. The van der Waals surface area contributed by atoms with Crippen molar-refractivity contribution in [3.63, 3.8) is 0 Å². The number of carbonyl (C=O) groups excluding carboxylic acids is 1. The molecule has 8 heteroatoms. The molecule has 0 unspecified atom stereocenters. The zero-order chi connectivity index (χ0) is 14.4. The molecular weight excluding hydrogens is 457 g/mol. The van der Waals surface area contributed by atoms with Gasteiger partial charge in [-0.3, -0.25) is 4.79 Å². The number of carbonyl (C=O) groups is 2. The Labute approximate surface area is 136 Å². The number of carboxylic acids is 1. The molecule has 0 bridgehead atoms. The largest absolute Gasteiger partial charge is 1.00 e. The topological polar surface area (TPSA) is 108 Å². The monoisotopic (exact) mass is 470 g/mol. The van der Waals surface area contributed by atoms with Crippen molar-refractivity contribution in [2.75, 3.05) is 0 Å². The molecule has 1 aromatic heterocycles. The first-order valence-electron chi connectivity index (χ1n) is 6.01. The van der Waals surface area contributed by atoms with Crippen molar-refractivity contribution in [2.24, 2.45) is 0 Å². The van der Waals surface area contributed by atoms with E-state index in [1.165, 1.54) is 0 Å². The van der Waals surface area contributed by atoms with Gasteiger partial charge in [0, 0.05) is 6.42 Å². The number of hydrogen-bond donors (Lipinski definition) is 3. The van der Waals surface area contributed by atoms with E-state index in [9.17, 15) is 14.7 Å². The Kier molecular flexibility index (Phi) is 6.80. The van der Waals surface area contributed by atoms with Gasteiger partial charge in [-0.1, -0.05) is 30.3 Å². The molecule has 2 rings (SSSR count). The van der Waals surface area contributed by atoms with Crippen LogP contribution in [-0.4, -0.2) is 32.4 Å². The number of nitrogens with one attached hydrogen (secondary N) is 2. The van der Waals surface area contributed by atoms with Crippen LogP contribution in [-0.2, 0) is 38.4 Å². The van der Waals surface area contributed by atoms with Gasteiger partial charge in [0.05, 0.1) is 0 Å². The van der Waals surface area contributed by atoms with E-state index < -0.39 is 12.0 Å². The molecule has 0 aliphatic rings. The Morgan fingerprint density at radius 2 is 2.05 bits per heavy atom. The number of aromatic nitrogens is 3. The number of aryl methyl sites for hydroxylation is 1. The van der Waals surface area contributed by atoms with Crippen LogP contribution in [0.15, 0.2) is 30.3 Å². The number of rotatable bonds is 6. The van der Waals surface area contributed by atoms with Crippen LogP contribution in [0.25, 0.3) is 0 Å². The van der Waals surface area contributed by atoms with E-state index in [4.69, 9.17) is 0 Å². The van der Waals surface area contributed by atoms with E-state index in [0.717, 1.165) is 0 Å². The third-order valence-corrected chi connectivity index (χ3v) is 2.71. The van der Waals surface area contributed by atoms with Crippen molar-refractivity contribution in [3.05, 3.63) is 47.8 Å². The van der Waals surface area contributed by atoms with Crippen molar-refractivity contribution >= 4 is 11.9 Å². The molecule has 1 heterocycles. The maximum Gasteiger partial charge on any atom is 1.00 e. The van der Waals surface area contributed by atoms with Gasteiger partial charge in [-0.2, -0.15) is 0 Å². The van der Waals surface area contributed by atoms with Crippen molar-refractivity contribution in [2.45, 2.75) is 18.9 Å². The van der Waals surface area contributed by atoms with E-state index in [0.29, 0.717) is 17.7 Å². The molecule has 7 nitrogen and oxygen atoms in total. The summed E-state index contributed by atoms with van der Waals surface area (Å²) in [7, 11) is 0. The maximum atomic E-state index is 11.8. The molecule has 0 aliphatic heterocycles. The molecule has 0 aliphatic carbocycles. The number of aromatic amines is 1. The third-order valence-electron chi connectivity index (χ3n) is 2.71. The van der Waals surface area contributed by atoms with Gasteiger partial charge in [-0.15, -0.1) is 10.9 Å². The molecule has 21 heavy (non-hydrogen) atoms. The molecule has 0 saturated heterocycles. The first-order valence-corrected chi connectivity index (χ1v) is 6.01. The number of nitrogens with zero attached hydrogens (tertiary/aromatic N) is 2. The number of aliphatic carboxylic acids is 1. The van der Waals surface area contributed by atoms with Crippen LogP contribution in [0.3, 0.4) is 0 Å². The Balaban J connectivity index is 0.00000220. The fourth-order valence-corrected chi connectivity index (χ4v) is 1.71. The second kappa shape index (κ2) is 8.35. The van der Waals surface area contributed by atoms with Gasteiger partial charge in [0.2, 0.25) is 5.91 Å². The average molecular weight is 470 g/mol. The van der Waals surface area contributed by atoms with Crippen molar-refractivity contribution in [3.8, 4) is 0 Å². The Morgan fingerprint density at radius 1 is 1.33 bits per heavy atom. The minimum absolute atomic E-state index is 0. The van der Waals surface area contributed by atoms with Gasteiger partial charge in [0.1, 0.15) is 0 Å². The van der Waals surface area contributed by atoms with Crippen LogP contribution in [0.2, 0.25) is 0 Å². The van der Waals surface area contributed by atoms with Crippen LogP contribution in [0, 0.1) is 6.20 Å². The second-order valence-electron chi connectivity index (χ2n) is 4.15. The summed E-state index contributed by atoms with van der Waals surface area (Å²) in [5.41, 5.74) is 1.13. The van der Waals surface area contributed by atoms with E-state index in [-0.39, 0.29) is 34.7 Å². The average Bonchev–Trinajstić information content (AvgIpc) is 2.96. The number of benzene rings is 1. The molecule has 1 atom stereocenters. The summed E-state index contributed by atoms with van der Waals surface area (Å²) in [6, 6.07) is 7.50. The third kappa shape index (κ3) is 5.14. The number of carboxylic acid groups (broad SMARTS) is 1. The minimum atomic E-state index is -1.10. The first-order chi connectivity index (χ1) is 9.66. The second-order valence-corrected chi connectivity index (χ2v) is 4.15. The first kappa shape index (κ1) is 17.1. The molecule has 0 fully saturated rings. The van der Waals surface area contributed by atoms with Crippen LogP contribution < -0.4 is 5.32 Å². The predicted octanol–water partition coefficient (Wildman–Crippen LogP) is 0.477. The van der Waals surface area contributed by atoms with Gasteiger partial charge in [0.25, 0.3) is 0 Å². The fraction of sp³-hybridized carbons (Fsp3) is 0.231. The van der Waals surface area contributed by atoms with Crippen LogP contribution >= 0.6 is 0 Å². The summed E-state index contributed by atoms with van der Waals surface area (Å²) in [5, 5.41) is 21.2. The van der Waals surface area contributed by atoms with E-state index in [2.05, 4.69) is 26.9 Å². The molecule has 0 saturated carbocycles. The van der Waals surface area contributed by atoms with E-state index in [1.807, 2.05) is 0 Å². The van der Waals surface area contributed by atoms with Gasteiger partial charge < -0.3 is 26.8 Å². The van der Waals surface area contributed by atoms with Crippen molar-refractivity contribution in [1.82, 2.24) is 20.7 Å². The van der Waals surface area contributed by atoms with Crippen LogP contribution in [0.4, 0.5) is 0 Å².